The van der Waals surface area contributed by atoms with Gasteiger partial charge in [-0.15, -0.1) is 0 Å². The summed E-state index contributed by atoms with van der Waals surface area (Å²) < 4.78 is 10.5. The molecule has 0 saturated carbocycles. The molecule has 0 radical (unpaired) electrons. The Morgan fingerprint density at radius 3 is 2.30 bits per heavy atom. The first-order chi connectivity index (χ1) is 12.9. The molecular formula is C20H31N3O4. The van der Waals surface area contributed by atoms with Crippen molar-refractivity contribution in [3.05, 3.63) is 23.8 Å². The Balaban J connectivity index is 1.76. The fourth-order valence-corrected chi connectivity index (χ4v) is 3.49. The van der Waals surface area contributed by atoms with Crippen molar-refractivity contribution in [3.63, 3.8) is 0 Å². The van der Waals surface area contributed by atoms with Gasteiger partial charge in [0, 0.05) is 44.6 Å². The van der Waals surface area contributed by atoms with E-state index in [1.54, 1.807) is 14.2 Å². The van der Waals surface area contributed by atoms with E-state index in [1.807, 2.05) is 25.2 Å². The molecule has 2 N–H and O–H groups in total. The van der Waals surface area contributed by atoms with Crippen LogP contribution in [0.3, 0.4) is 0 Å². The highest BCUT2D eigenvalue weighted by atomic mass is 16.5. The van der Waals surface area contributed by atoms with E-state index in [4.69, 9.17) is 9.47 Å². The largest absolute Gasteiger partial charge is 0.497 e. The Morgan fingerprint density at radius 2 is 1.70 bits per heavy atom. The van der Waals surface area contributed by atoms with Crippen LogP contribution in [0.1, 0.15) is 31.7 Å². The number of nitrogens with zero attached hydrogens (tertiary/aromatic N) is 1. The zero-order chi connectivity index (χ0) is 19.8. The maximum atomic E-state index is 12.3. The Bertz CT molecular complexity index is 628. The molecule has 7 heteroatoms. The van der Waals surface area contributed by atoms with Crippen LogP contribution >= 0.6 is 0 Å². The van der Waals surface area contributed by atoms with Crippen molar-refractivity contribution < 1.29 is 19.1 Å². The highest BCUT2D eigenvalue weighted by molar-refractivity contribution is 5.76. The van der Waals surface area contributed by atoms with E-state index in [9.17, 15) is 9.59 Å². The number of carbonyl (C=O) groups excluding carboxylic acids is 2. The van der Waals surface area contributed by atoms with Crippen molar-refractivity contribution in [2.45, 2.75) is 44.7 Å². The summed E-state index contributed by atoms with van der Waals surface area (Å²) in [4.78, 5) is 25.6. The number of hydrogen-bond acceptors (Lipinski definition) is 5. The van der Waals surface area contributed by atoms with E-state index in [1.165, 1.54) is 6.92 Å². The monoisotopic (exact) mass is 377 g/mol. The Morgan fingerprint density at radius 1 is 1.07 bits per heavy atom. The molecule has 0 aliphatic carbocycles. The minimum absolute atomic E-state index is 0.0150. The van der Waals surface area contributed by atoms with Gasteiger partial charge < -0.3 is 20.1 Å². The first-order valence-corrected chi connectivity index (χ1v) is 9.38. The summed E-state index contributed by atoms with van der Waals surface area (Å²) in [6.45, 7) is 2.74. The number of methoxy groups -OCH3 is 2. The maximum absolute atomic E-state index is 12.3. The van der Waals surface area contributed by atoms with Gasteiger partial charge in [-0.3, -0.25) is 14.5 Å². The summed E-state index contributed by atoms with van der Waals surface area (Å²) in [6, 6.07) is 6.25. The Kier molecular flexibility index (Phi) is 7.91. The summed E-state index contributed by atoms with van der Waals surface area (Å²) in [6.07, 6.45) is 3.17. The van der Waals surface area contributed by atoms with Crippen molar-refractivity contribution in [2.75, 3.05) is 34.4 Å². The summed E-state index contributed by atoms with van der Waals surface area (Å²) in [5, 5.41) is 5.86. The molecule has 27 heavy (non-hydrogen) atoms. The van der Waals surface area contributed by atoms with E-state index in [-0.39, 0.29) is 17.9 Å². The van der Waals surface area contributed by atoms with Gasteiger partial charge in [0.05, 0.1) is 14.2 Å². The van der Waals surface area contributed by atoms with Crippen LogP contribution in [-0.2, 0) is 16.0 Å². The normalized spacial score (nSPS) is 19.6. The fourth-order valence-electron chi connectivity index (χ4n) is 3.49. The van der Waals surface area contributed by atoms with Crippen molar-refractivity contribution in [1.82, 2.24) is 15.5 Å². The van der Waals surface area contributed by atoms with Gasteiger partial charge in [-0.1, -0.05) is 0 Å². The van der Waals surface area contributed by atoms with Crippen LogP contribution in [0, 0.1) is 0 Å². The van der Waals surface area contributed by atoms with Crippen LogP contribution in [-0.4, -0.2) is 63.2 Å². The second-order valence-electron chi connectivity index (χ2n) is 7.01. The molecule has 150 valence electrons. The number of likely N-dealkylation sites (tertiary alicyclic amines) is 1. The first kappa shape index (κ1) is 21.0. The average Bonchev–Trinajstić information content (AvgIpc) is 2.99. The van der Waals surface area contributed by atoms with E-state index in [2.05, 4.69) is 15.5 Å². The number of likely N-dealkylation sites (N-methyl/N-ethyl adjacent to an activating group) is 1. The van der Waals surface area contributed by atoms with Crippen molar-refractivity contribution in [1.29, 1.82) is 0 Å². The lowest BCUT2D eigenvalue weighted by molar-refractivity contribution is -0.122. The molecule has 0 aromatic heterocycles. The van der Waals surface area contributed by atoms with Crippen molar-refractivity contribution in [3.8, 4) is 11.5 Å². The second-order valence-corrected chi connectivity index (χ2v) is 7.01. The molecule has 1 aromatic rings. The molecule has 1 aliphatic rings. The smallest absolute Gasteiger partial charge is 0.221 e. The number of benzene rings is 1. The number of amides is 2. The molecule has 7 nitrogen and oxygen atoms in total. The Hall–Kier alpha value is -2.28. The van der Waals surface area contributed by atoms with Gasteiger partial charge in [0.25, 0.3) is 0 Å². The summed E-state index contributed by atoms with van der Waals surface area (Å²) in [5.74, 6) is 1.53. The molecule has 2 amide bonds. The molecule has 2 atom stereocenters. The minimum Gasteiger partial charge on any atom is -0.497 e. The zero-order valence-electron chi connectivity index (χ0n) is 16.7. The SMILES string of the molecule is COc1cc(CCNC(=O)C[C@@H]2CC[C@H](CNC(C)=O)N2C)cc(OC)c1. The average molecular weight is 377 g/mol. The van der Waals surface area contributed by atoms with E-state index in [0.717, 1.165) is 29.9 Å². The van der Waals surface area contributed by atoms with Gasteiger partial charge in [0.1, 0.15) is 11.5 Å². The first-order valence-electron chi connectivity index (χ1n) is 9.38. The molecule has 1 aliphatic heterocycles. The van der Waals surface area contributed by atoms with Crippen LogP contribution in [0.4, 0.5) is 0 Å². The molecule has 0 unspecified atom stereocenters. The van der Waals surface area contributed by atoms with E-state index >= 15 is 0 Å². The van der Waals surface area contributed by atoms with Crippen LogP contribution in [0.25, 0.3) is 0 Å². The number of ether oxygens (including phenoxy) is 2. The van der Waals surface area contributed by atoms with Crippen molar-refractivity contribution in [2.24, 2.45) is 0 Å². The number of rotatable bonds is 9. The quantitative estimate of drug-likeness (QED) is 0.679. The van der Waals surface area contributed by atoms with Gasteiger partial charge in [-0.2, -0.15) is 0 Å². The third-order valence-electron chi connectivity index (χ3n) is 5.14. The third kappa shape index (κ3) is 6.43. The van der Waals surface area contributed by atoms with Crippen molar-refractivity contribution >= 4 is 11.8 Å². The maximum Gasteiger partial charge on any atom is 0.221 e. The predicted octanol–water partition coefficient (Wildman–Crippen LogP) is 1.35. The topological polar surface area (TPSA) is 79.9 Å². The van der Waals surface area contributed by atoms with Crippen LogP contribution in [0.15, 0.2) is 18.2 Å². The zero-order valence-corrected chi connectivity index (χ0v) is 16.7. The lowest BCUT2D eigenvalue weighted by Crippen LogP contribution is -2.42. The molecule has 1 heterocycles. The summed E-state index contributed by atoms with van der Waals surface area (Å²) in [7, 11) is 5.27. The fraction of sp³-hybridized carbons (Fsp3) is 0.600. The van der Waals surface area contributed by atoms with Gasteiger partial charge in [-0.05, 0) is 44.0 Å². The molecule has 2 rings (SSSR count). The highest BCUT2D eigenvalue weighted by Gasteiger charge is 2.31. The number of nitrogens with one attached hydrogen (secondary N) is 2. The molecule has 0 bridgehead atoms. The number of hydrogen-bond donors (Lipinski definition) is 2. The second kappa shape index (κ2) is 10.2. The van der Waals surface area contributed by atoms with Crippen LogP contribution < -0.4 is 20.1 Å². The molecule has 1 aromatic carbocycles. The van der Waals surface area contributed by atoms with E-state index < -0.39 is 0 Å². The lowest BCUT2D eigenvalue weighted by atomic mass is 10.1. The lowest BCUT2D eigenvalue weighted by Gasteiger charge is -2.25. The highest BCUT2D eigenvalue weighted by Crippen LogP contribution is 2.24. The summed E-state index contributed by atoms with van der Waals surface area (Å²) in [5.41, 5.74) is 1.06. The van der Waals surface area contributed by atoms with Crippen LogP contribution in [0.2, 0.25) is 0 Å². The van der Waals surface area contributed by atoms with E-state index in [0.29, 0.717) is 32.0 Å². The third-order valence-corrected chi connectivity index (χ3v) is 5.14. The Labute approximate surface area is 161 Å². The van der Waals surface area contributed by atoms with Crippen LogP contribution in [0.5, 0.6) is 11.5 Å². The molecule has 1 fully saturated rings. The summed E-state index contributed by atoms with van der Waals surface area (Å²) >= 11 is 0. The standard InChI is InChI=1S/C20H31N3O4/c1-14(24)22-13-17-6-5-16(23(17)2)11-20(25)21-8-7-15-9-18(26-3)12-19(10-15)27-4/h9-10,12,16-17H,5-8,11,13H2,1-4H3,(H,21,25)(H,22,24)/t16-,17+/m0/s1. The van der Waals surface area contributed by atoms with Gasteiger partial charge in [-0.25, -0.2) is 0 Å². The van der Waals surface area contributed by atoms with Gasteiger partial charge in [0.15, 0.2) is 0 Å². The number of carbonyl (C=O) groups is 2. The molecule has 0 spiro atoms. The van der Waals surface area contributed by atoms with Gasteiger partial charge in [0.2, 0.25) is 11.8 Å². The van der Waals surface area contributed by atoms with Gasteiger partial charge >= 0.3 is 0 Å². The minimum atomic E-state index is -0.0150. The predicted molar refractivity (Wildman–Crippen MR) is 104 cm³/mol. The molecule has 1 saturated heterocycles. The molecular weight excluding hydrogens is 346 g/mol.